The van der Waals surface area contributed by atoms with Crippen LogP contribution in [0.15, 0.2) is 60.7 Å². The number of nitrogens with one attached hydrogen (secondary N) is 1. The second-order valence-electron chi connectivity index (χ2n) is 7.92. The molecular weight excluding hydrogens is 378 g/mol. The molecule has 0 bridgehead atoms. The number of piperidine rings is 1. The van der Waals surface area contributed by atoms with Crippen molar-refractivity contribution < 1.29 is 14.3 Å². The minimum atomic E-state index is -0.303. The van der Waals surface area contributed by atoms with Crippen LogP contribution in [0.1, 0.15) is 24.4 Å². The van der Waals surface area contributed by atoms with Crippen molar-refractivity contribution in [2.24, 2.45) is 5.92 Å². The molecule has 2 aromatic carbocycles. The van der Waals surface area contributed by atoms with Crippen LogP contribution < -0.4 is 5.32 Å². The fourth-order valence-corrected chi connectivity index (χ4v) is 4.29. The standard InChI is InChI=1S/C24H29N3O3/c28-23(25-21-9-5-2-6-10-21)20-11-13-26(14-12-20)22(19-7-3-1-4-8-19)24(29)27-15-17-30-18-16-27/h1-10,20,22H,11-18H2,(H,25,28)/t22-/m1/s1. The summed E-state index contributed by atoms with van der Waals surface area (Å²) in [5.41, 5.74) is 1.84. The molecule has 6 nitrogen and oxygen atoms in total. The second kappa shape index (κ2) is 9.87. The van der Waals surface area contributed by atoms with Gasteiger partial charge in [-0.1, -0.05) is 48.5 Å². The highest BCUT2D eigenvalue weighted by molar-refractivity contribution is 5.92. The Morgan fingerprint density at radius 1 is 0.867 bits per heavy atom. The minimum absolute atomic E-state index is 0.0311. The van der Waals surface area contributed by atoms with Gasteiger partial charge in [0, 0.05) is 24.7 Å². The Morgan fingerprint density at radius 3 is 2.10 bits per heavy atom. The summed E-state index contributed by atoms with van der Waals surface area (Å²) in [7, 11) is 0. The average molecular weight is 408 g/mol. The third-order valence-corrected chi connectivity index (χ3v) is 5.98. The lowest BCUT2D eigenvalue weighted by atomic mass is 9.93. The fourth-order valence-electron chi connectivity index (χ4n) is 4.29. The maximum atomic E-state index is 13.4. The number of morpholine rings is 1. The lowest BCUT2D eigenvalue weighted by Gasteiger charge is -2.39. The number of rotatable bonds is 5. The van der Waals surface area contributed by atoms with E-state index < -0.39 is 0 Å². The smallest absolute Gasteiger partial charge is 0.244 e. The summed E-state index contributed by atoms with van der Waals surface area (Å²) in [5, 5.41) is 3.02. The van der Waals surface area contributed by atoms with Gasteiger partial charge in [-0.15, -0.1) is 0 Å². The number of benzene rings is 2. The van der Waals surface area contributed by atoms with E-state index in [1.807, 2.05) is 65.6 Å². The van der Waals surface area contributed by atoms with E-state index in [2.05, 4.69) is 10.2 Å². The second-order valence-corrected chi connectivity index (χ2v) is 7.92. The van der Waals surface area contributed by atoms with Gasteiger partial charge in [-0.2, -0.15) is 0 Å². The number of anilines is 1. The lowest BCUT2D eigenvalue weighted by molar-refractivity contribution is -0.142. The highest BCUT2D eigenvalue weighted by Crippen LogP contribution is 2.29. The van der Waals surface area contributed by atoms with Crippen molar-refractivity contribution in [1.82, 2.24) is 9.80 Å². The molecule has 0 aromatic heterocycles. The van der Waals surface area contributed by atoms with Gasteiger partial charge in [0.15, 0.2) is 0 Å². The summed E-state index contributed by atoms with van der Waals surface area (Å²) in [4.78, 5) is 30.2. The van der Waals surface area contributed by atoms with Crippen molar-refractivity contribution in [2.45, 2.75) is 18.9 Å². The van der Waals surface area contributed by atoms with E-state index in [1.54, 1.807) is 0 Å². The number of carbonyl (C=O) groups is 2. The Morgan fingerprint density at radius 2 is 1.47 bits per heavy atom. The van der Waals surface area contributed by atoms with Gasteiger partial charge in [0.1, 0.15) is 6.04 Å². The number of carbonyl (C=O) groups excluding carboxylic acids is 2. The Bertz CT molecular complexity index is 829. The average Bonchev–Trinajstić information content (AvgIpc) is 2.81. The molecule has 2 amide bonds. The van der Waals surface area contributed by atoms with E-state index in [0.717, 1.165) is 37.2 Å². The third-order valence-electron chi connectivity index (χ3n) is 5.98. The normalized spacial score (nSPS) is 19.3. The highest BCUT2D eigenvalue weighted by atomic mass is 16.5. The molecule has 0 aliphatic carbocycles. The van der Waals surface area contributed by atoms with E-state index >= 15 is 0 Å². The molecule has 2 fully saturated rings. The van der Waals surface area contributed by atoms with Crippen LogP contribution in [0, 0.1) is 5.92 Å². The van der Waals surface area contributed by atoms with Gasteiger partial charge in [-0.3, -0.25) is 14.5 Å². The monoisotopic (exact) mass is 407 g/mol. The van der Waals surface area contributed by atoms with Crippen LogP contribution in [0.3, 0.4) is 0 Å². The molecular formula is C24H29N3O3. The van der Waals surface area contributed by atoms with E-state index in [9.17, 15) is 9.59 Å². The number of hydrogen-bond donors (Lipinski definition) is 1. The van der Waals surface area contributed by atoms with Gasteiger partial charge in [0.25, 0.3) is 0 Å². The SMILES string of the molecule is O=C(Nc1ccccc1)C1CCN([C@@H](C(=O)N2CCOCC2)c2ccccc2)CC1. The Labute approximate surface area is 177 Å². The molecule has 0 radical (unpaired) electrons. The van der Waals surface area contributed by atoms with Crippen LogP contribution in [0.2, 0.25) is 0 Å². The quantitative estimate of drug-likeness (QED) is 0.828. The van der Waals surface area contributed by atoms with Crippen molar-refractivity contribution in [2.75, 3.05) is 44.7 Å². The number of likely N-dealkylation sites (tertiary alicyclic amines) is 1. The Kier molecular flexibility index (Phi) is 6.77. The first-order chi connectivity index (χ1) is 14.7. The van der Waals surface area contributed by atoms with Gasteiger partial charge in [0.2, 0.25) is 11.8 Å². The molecule has 4 rings (SSSR count). The largest absolute Gasteiger partial charge is 0.378 e. The first kappa shape index (κ1) is 20.6. The third kappa shape index (κ3) is 4.89. The molecule has 0 saturated carbocycles. The van der Waals surface area contributed by atoms with Gasteiger partial charge in [-0.25, -0.2) is 0 Å². The number of nitrogens with zero attached hydrogens (tertiary/aromatic N) is 2. The first-order valence-electron chi connectivity index (χ1n) is 10.7. The minimum Gasteiger partial charge on any atom is -0.378 e. The fraction of sp³-hybridized carbons (Fsp3) is 0.417. The van der Waals surface area contributed by atoms with Gasteiger partial charge in [-0.05, 0) is 43.6 Å². The lowest BCUT2D eigenvalue weighted by Crippen LogP contribution is -2.49. The molecule has 6 heteroatoms. The molecule has 30 heavy (non-hydrogen) atoms. The van der Waals surface area contributed by atoms with Gasteiger partial charge < -0.3 is 15.0 Å². The summed E-state index contributed by atoms with van der Waals surface area (Å²) < 4.78 is 5.42. The topological polar surface area (TPSA) is 61.9 Å². The van der Waals surface area contributed by atoms with E-state index in [4.69, 9.17) is 4.74 Å². The molecule has 2 aliphatic heterocycles. The van der Waals surface area contributed by atoms with Crippen LogP contribution in [-0.4, -0.2) is 61.0 Å². The number of hydrogen-bond acceptors (Lipinski definition) is 4. The van der Waals surface area contributed by atoms with Crippen molar-refractivity contribution >= 4 is 17.5 Å². The summed E-state index contributed by atoms with van der Waals surface area (Å²) in [6.07, 6.45) is 1.50. The first-order valence-corrected chi connectivity index (χ1v) is 10.7. The van der Waals surface area contributed by atoms with Crippen LogP contribution >= 0.6 is 0 Å². The van der Waals surface area contributed by atoms with Crippen LogP contribution in [-0.2, 0) is 14.3 Å². The summed E-state index contributed by atoms with van der Waals surface area (Å²) in [5.74, 6) is 0.171. The zero-order valence-electron chi connectivity index (χ0n) is 17.2. The molecule has 1 atom stereocenters. The molecule has 0 spiro atoms. The van der Waals surface area contributed by atoms with E-state index in [0.29, 0.717) is 26.3 Å². The molecule has 2 heterocycles. The highest BCUT2D eigenvalue weighted by Gasteiger charge is 2.35. The van der Waals surface area contributed by atoms with Crippen LogP contribution in [0.5, 0.6) is 0 Å². The molecule has 0 unspecified atom stereocenters. The maximum absolute atomic E-state index is 13.4. The van der Waals surface area contributed by atoms with Crippen molar-refractivity contribution in [1.29, 1.82) is 0 Å². The zero-order chi connectivity index (χ0) is 20.8. The molecule has 2 aromatic rings. The van der Waals surface area contributed by atoms with Crippen molar-refractivity contribution in [3.05, 3.63) is 66.2 Å². The predicted molar refractivity (Wildman–Crippen MR) is 116 cm³/mol. The van der Waals surface area contributed by atoms with E-state index in [1.165, 1.54) is 0 Å². The van der Waals surface area contributed by atoms with E-state index in [-0.39, 0.29) is 23.8 Å². The van der Waals surface area contributed by atoms with Crippen molar-refractivity contribution in [3.63, 3.8) is 0 Å². The number of para-hydroxylation sites is 1. The summed E-state index contributed by atoms with van der Waals surface area (Å²) in [6, 6.07) is 19.3. The maximum Gasteiger partial charge on any atom is 0.244 e. The Hall–Kier alpha value is -2.70. The van der Waals surface area contributed by atoms with Crippen LogP contribution in [0.25, 0.3) is 0 Å². The summed E-state index contributed by atoms with van der Waals surface area (Å²) >= 11 is 0. The number of ether oxygens (including phenoxy) is 1. The number of amides is 2. The molecule has 2 saturated heterocycles. The predicted octanol–water partition coefficient (Wildman–Crippen LogP) is 2.94. The summed E-state index contributed by atoms with van der Waals surface area (Å²) in [6.45, 7) is 3.91. The zero-order valence-corrected chi connectivity index (χ0v) is 17.2. The van der Waals surface area contributed by atoms with Crippen molar-refractivity contribution in [3.8, 4) is 0 Å². The molecule has 2 aliphatic rings. The Balaban J connectivity index is 1.42. The van der Waals surface area contributed by atoms with Crippen LogP contribution in [0.4, 0.5) is 5.69 Å². The molecule has 158 valence electrons. The van der Waals surface area contributed by atoms with Gasteiger partial charge >= 0.3 is 0 Å². The van der Waals surface area contributed by atoms with Gasteiger partial charge in [0.05, 0.1) is 13.2 Å². The molecule has 1 N–H and O–H groups in total.